The van der Waals surface area contributed by atoms with E-state index >= 15 is 0 Å². The first kappa shape index (κ1) is 15.3. The highest BCUT2D eigenvalue weighted by Crippen LogP contribution is 2.35. The van der Waals surface area contributed by atoms with E-state index in [4.69, 9.17) is 0 Å². The highest BCUT2D eigenvalue weighted by Gasteiger charge is 2.22. The van der Waals surface area contributed by atoms with Gasteiger partial charge in [0.25, 0.3) is 0 Å². The number of thiophene rings is 1. The van der Waals surface area contributed by atoms with Crippen molar-refractivity contribution in [3.05, 3.63) is 50.7 Å². The molecule has 1 aromatic carbocycles. The monoisotopic (exact) mass is 305 g/mol. The zero-order chi connectivity index (χ0) is 15.2. The summed E-state index contributed by atoms with van der Waals surface area (Å²) < 4.78 is 0. The fourth-order valence-electron chi connectivity index (χ4n) is 2.16. The predicted octanol–water partition coefficient (Wildman–Crippen LogP) is 4.11. The van der Waals surface area contributed by atoms with Crippen LogP contribution in [0, 0.1) is 10.1 Å². The minimum Gasteiger partial charge on any atom is -0.379 e. The van der Waals surface area contributed by atoms with Crippen molar-refractivity contribution >= 4 is 28.4 Å². The Morgan fingerprint density at radius 2 is 2.14 bits per heavy atom. The molecule has 0 unspecified atom stereocenters. The number of rotatable bonds is 7. The summed E-state index contributed by atoms with van der Waals surface area (Å²) >= 11 is 1.65. The lowest BCUT2D eigenvalue weighted by atomic mass is 10.2. The van der Waals surface area contributed by atoms with Crippen molar-refractivity contribution < 1.29 is 4.92 Å². The Bertz CT molecular complexity index is 599. The lowest BCUT2D eigenvalue weighted by molar-refractivity contribution is -0.383. The van der Waals surface area contributed by atoms with E-state index in [1.54, 1.807) is 23.5 Å². The Balaban J connectivity index is 2.30. The van der Waals surface area contributed by atoms with Crippen LogP contribution < -0.4 is 10.2 Å². The molecule has 0 amide bonds. The number of nitrogens with zero attached hydrogens (tertiary/aromatic N) is 2. The average molecular weight is 305 g/mol. The second kappa shape index (κ2) is 7.08. The fourth-order valence-corrected chi connectivity index (χ4v) is 2.91. The van der Waals surface area contributed by atoms with Crippen molar-refractivity contribution in [1.29, 1.82) is 0 Å². The summed E-state index contributed by atoms with van der Waals surface area (Å²) in [5.41, 5.74) is 1.36. The van der Waals surface area contributed by atoms with Crippen LogP contribution in [-0.4, -0.2) is 18.5 Å². The molecule has 0 aliphatic heterocycles. The third-order valence-electron chi connectivity index (χ3n) is 3.15. The van der Waals surface area contributed by atoms with Gasteiger partial charge in [-0.15, -0.1) is 11.3 Å². The molecule has 0 bridgehead atoms. The molecular weight excluding hydrogens is 286 g/mol. The van der Waals surface area contributed by atoms with E-state index in [1.165, 1.54) is 4.88 Å². The Kier molecular flexibility index (Phi) is 5.16. The van der Waals surface area contributed by atoms with Gasteiger partial charge in [0.2, 0.25) is 0 Å². The number of anilines is 2. The predicted molar refractivity (Wildman–Crippen MR) is 88.3 cm³/mol. The van der Waals surface area contributed by atoms with E-state index in [9.17, 15) is 10.1 Å². The van der Waals surface area contributed by atoms with E-state index < -0.39 is 0 Å². The smallest absolute Gasteiger partial charge is 0.315 e. The molecule has 0 fully saturated rings. The number of para-hydroxylation sites is 1. The second-order valence-electron chi connectivity index (χ2n) is 4.79. The van der Waals surface area contributed by atoms with Gasteiger partial charge in [-0.2, -0.15) is 0 Å². The normalized spacial score (nSPS) is 10.4. The molecule has 0 saturated carbocycles. The van der Waals surface area contributed by atoms with Gasteiger partial charge >= 0.3 is 5.69 Å². The summed E-state index contributed by atoms with van der Waals surface area (Å²) in [4.78, 5) is 14.2. The van der Waals surface area contributed by atoms with Gasteiger partial charge in [0.15, 0.2) is 0 Å². The number of nitro groups is 1. The van der Waals surface area contributed by atoms with E-state index in [-0.39, 0.29) is 10.6 Å². The third kappa shape index (κ3) is 3.72. The van der Waals surface area contributed by atoms with E-state index in [1.807, 2.05) is 42.5 Å². The fraction of sp³-hybridized carbons (Fsp3) is 0.333. The van der Waals surface area contributed by atoms with E-state index in [0.717, 1.165) is 13.0 Å². The first-order valence-corrected chi connectivity index (χ1v) is 7.76. The largest absolute Gasteiger partial charge is 0.379 e. The molecule has 112 valence electrons. The number of nitrogens with one attached hydrogen (secondary N) is 1. The Hall–Kier alpha value is -2.08. The summed E-state index contributed by atoms with van der Waals surface area (Å²) in [5, 5.41) is 16.6. The maximum atomic E-state index is 11.5. The van der Waals surface area contributed by atoms with Crippen LogP contribution >= 0.6 is 11.3 Å². The first-order valence-electron chi connectivity index (χ1n) is 6.88. The summed E-state index contributed by atoms with van der Waals surface area (Å²) in [7, 11) is 1.88. The molecule has 0 spiro atoms. The van der Waals surface area contributed by atoms with Gasteiger partial charge < -0.3 is 10.2 Å². The minimum atomic E-state index is -0.307. The van der Waals surface area contributed by atoms with Gasteiger partial charge in [0, 0.05) is 18.5 Å². The second-order valence-corrected chi connectivity index (χ2v) is 5.82. The molecule has 0 saturated heterocycles. The van der Waals surface area contributed by atoms with Gasteiger partial charge in [0.05, 0.1) is 11.5 Å². The molecule has 2 rings (SSSR count). The van der Waals surface area contributed by atoms with Crippen LogP contribution in [0.25, 0.3) is 0 Å². The average Bonchev–Trinajstić information content (AvgIpc) is 2.97. The maximum absolute atomic E-state index is 11.5. The van der Waals surface area contributed by atoms with Crippen molar-refractivity contribution in [2.45, 2.75) is 19.9 Å². The Labute approximate surface area is 128 Å². The molecule has 5 nitrogen and oxygen atoms in total. The van der Waals surface area contributed by atoms with E-state index in [0.29, 0.717) is 17.9 Å². The van der Waals surface area contributed by atoms with Crippen LogP contribution in [0.2, 0.25) is 0 Å². The SMILES string of the molecule is CCCNc1cccc(N(C)Cc2cccs2)c1[N+](=O)[O-]. The highest BCUT2D eigenvalue weighted by atomic mass is 32.1. The van der Waals surface area contributed by atoms with Crippen molar-refractivity contribution in [2.75, 3.05) is 23.8 Å². The van der Waals surface area contributed by atoms with Crippen LogP contribution in [0.5, 0.6) is 0 Å². The van der Waals surface area contributed by atoms with Crippen LogP contribution in [0.3, 0.4) is 0 Å². The van der Waals surface area contributed by atoms with Gasteiger partial charge in [-0.1, -0.05) is 19.1 Å². The van der Waals surface area contributed by atoms with Gasteiger partial charge in [-0.3, -0.25) is 10.1 Å². The topological polar surface area (TPSA) is 58.4 Å². The standard InChI is InChI=1S/C15H19N3O2S/c1-3-9-16-13-7-4-8-14(15(13)18(19)20)17(2)11-12-6-5-10-21-12/h4-8,10,16H,3,9,11H2,1-2H3. The lowest BCUT2D eigenvalue weighted by Crippen LogP contribution is -2.17. The van der Waals surface area contributed by atoms with Crippen LogP contribution in [0.4, 0.5) is 17.1 Å². The molecule has 0 aliphatic rings. The molecule has 21 heavy (non-hydrogen) atoms. The molecular formula is C15H19N3O2S. The molecule has 2 aromatic rings. The summed E-state index contributed by atoms with van der Waals surface area (Å²) in [6, 6.07) is 9.43. The van der Waals surface area contributed by atoms with Crippen LogP contribution in [0.15, 0.2) is 35.7 Å². The molecule has 0 radical (unpaired) electrons. The number of hydrogen-bond acceptors (Lipinski definition) is 5. The van der Waals surface area contributed by atoms with Crippen molar-refractivity contribution in [3.63, 3.8) is 0 Å². The third-order valence-corrected chi connectivity index (χ3v) is 4.01. The molecule has 0 aliphatic carbocycles. The zero-order valence-electron chi connectivity index (χ0n) is 12.2. The quantitative estimate of drug-likeness (QED) is 0.617. The van der Waals surface area contributed by atoms with Gasteiger partial charge in [-0.05, 0) is 30.0 Å². The lowest BCUT2D eigenvalue weighted by Gasteiger charge is -2.19. The van der Waals surface area contributed by atoms with Crippen molar-refractivity contribution in [2.24, 2.45) is 0 Å². The summed E-state index contributed by atoms with van der Waals surface area (Å²) in [5.74, 6) is 0. The highest BCUT2D eigenvalue weighted by molar-refractivity contribution is 7.09. The Morgan fingerprint density at radius 1 is 1.33 bits per heavy atom. The van der Waals surface area contributed by atoms with Crippen molar-refractivity contribution in [1.82, 2.24) is 0 Å². The van der Waals surface area contributed by atoms with Gasteiger partial charge in [-0.25, -0.2) is 0 Å². The maximum Gasteiger partial charge on any atom is 0.315 e. The van der Waals surface area contributed by atoms with Crippen LogP contribution in [-0.2, 0) is 6.54 Å². The molecule has 1 heterocycles. The van der Waals surface area contributed by atoms with Gasteiger partial charge in [0.1, 0.15) is 11.4 Å². The molecule has 0 atom stereocenters. The molecule has 1 aromatic heterocycles. The van der Waals surface area contributed by atoms with E-state index in [2.05, 4.69) is 5.32 Å². The van der Waals surface area contributed by atoms with Crippen LogP contribution in [0.1, 0.15) is 18.2 Å². The summed E-state index contributed by atoms with van der Waals surface area (Å²) in [6.07, 6.45) is 0.923. The number of hydrogen-bond donors (Lipinski definition) is 1. The Morgan fingerprint density at radius 3 is 2.76 bits per heavy atom. The number of nitro benzene ring substituents is 1. The summed E-state index contributed by atoms with van der Waals surface area (Å²) in [6.45, 7) is 3.42. The number of benzene rings is 1. The van der Waals surface area contributed by atoms with Crippen molar-refractivity contribution in [3.8, 4) is 0 Å². The minimum absolute atomic E-state index is 0.144. The first-order chi connectivity index (χ1) is 10.1. The molecule has 6 heteroatoms. The zero-order valence-corrected chi connectivity index (χ0v) is 13.0. The molecule has 1 N–H and O–H groups in total.